The van der Waals surface area contributed by atoms with Gasteiger partial charge in [0.25, 0.3) is 0 Å². The van der Waals surface area contributed by atoms with Crippen LogP contribution in [0.4, 0.5) is 5.82 Å². The van der Waals surface area contributed by atoms with Gasteiger partial charge in [0.1, 0.15) is 11.6 Å². The summed E-state index contributed by atoms with van der Waals surface area (Å²) in [5.74, 6) is 2.03. The normalized spacial score (nSPS) is 13.6. The molecule has 4 rings (SSSR count). The summed E-state index contributed by atoms with van der Waals surface area (Å²) in [6.07, 6.45) is 4.26. The van der Waals surface area contributed by atoms with Gasteiger partial charge in [0, 0.05) is 23.0 Å². The molecular formula is C21H22BrN3O. The minimum absolute atomic E-state index is 0.810. The highest BCUT2D eigenvalue weighted by Crippen LogP contribution is 2.30. The van der Waals surface area contributed by atoms with E-state index in [9.17, 15) is 0 Å². The Bertz CT molecular complexity index is 902. The molecule has 4 nitrogen and oxygen atoms in total. The summed E-state index contributed by atoms with van der Waals surface area (Å²) in [6, 6.07) is 16.6. The number of nitrogens with one attached hydrogen (secondary N) is 1. The number of nitrogens with zero attached hydrogens (tertiary/aromatic N) is 2. The second-order valence-electron chi connectivity index (χ2n) is 6.57. The second kappa shape index (κ2) is 7.54. The Morgan fingerprint density at radius 2 is 2.00 bits per heavy atom. The predicted molar refractivity (Wildman–Crippen MR) is 108 cm³/mol. The third-order valence-electron chi connectivity index (χ3n) is 4.79. The van der Waals surface area contributed by atoms with Crippen molar-refractivity contribution in [1.29, 1.82) is 0 Å². The lowest BCUT2D eigenvalue weighted by Crippen LogP contribution is -2.07. The molecule has 3 aromatic rings. The third kappa shape index (κ3) is 3.49. The first-order valence-corrected chi connectivity index (χ1v) is 9.77. The topological polar surface area (TPSA) is 39.1 Å². The molecule has 5 heteroatoms. The van der Waals surface area contributed by atoms with E-state index in [4.69, 9.17) is 9.84 Å². The first-order chi connectivity index (χ1) is 12.7. The summed E-state index contributed by atoms with van der Waals surface area (Å²) in [4.78, 5) is 0. The number of aromatic nitrogens is 2. The minimum atomic E-state index is 0.810. The summed E-state index contributed by atoms with van der Waals surface area (Å²) in [7, 11) is 1.71. The van der Waals surface area contributed by atoms with Crippen LogP contribution in [0.2, 0.25) is 0 Å². The molecule has 0 atom stereocenters. The maximum atomic E-state index is 5.37. The number of ether oxygens (including phenoxy) is 1. The molecular weight excluding hydrogens is 390 g/mol. The maximum Gasteiger partial charge on any atom is 0.133 e. The summed E-state index contributed by atoms with van der Waals surface area (Å²) in [5.41, 5.74) is 4.78. The molecule has 1 N–H and O–H groups in total. The first kappa shape index (κ1) is 17.2. The third-order valence-corrected chi connectivity index (χ3v) is 5.32. The van der Waals surface area contributed by atoms with Gasteiger partial charge >= 0.3 is 0 Å². The maximum absolute atomic E-state index is 5.37. The SMILES string of the molecule is COc1cccc(Cc2nn(-c3ccc(Br)cc3)c3c2CCCCN3)c1. The van der Waals surface area contributed by atoms with Crippen LogP contribution in [0, 0.1) is 0 Å². The van der Waals surface area contributed by atoms with Gasteiger partial charge < -0.3 is 10.1 Å². The molecule has 0 bridgehead atoms. The number of rotatable bonds is 4. The molecule has 0 fully saturated rings. The number of benzene rings is 2. The quantitative estimate of drug-likeness (QED) is 0.657. The summed E-state index contributed by atoms with van der Waals surface area (Å²) in [5, 5.41) is 8.58. The zero-order valence-corrected chi connectivity index (χ0v) is 16.4. The first-order valence-electron chi connectivity index (χ1n) is 8.98. The summed E-state index contributed by atoms with van der Waals surface area (Å²) >= 11 is 3.51. The van der Waals surface area contributed by atoms with Crippen molar-refractivity contribution in [3.63, 3.8) is 0 Å². The molecule has 0 aliphatic carbocycles. The van der Waals surface area contributed by atoms with E-state index in [-0.39, 0.29) is 0 Å². The van der Waals surface area contributed by atoms with Crippen molar-refractivity contribution in [2.24, 2.45) is 0 Å². The van der Waals surface area contributed by atoms with Crippen molar-refractivity contribution in [2.75, 3.05) is 19.0 Å². The van der Waals surface area contributed by atoms with Crippen molar-refractivity contribution in [2.45, 2.75) is 25.7 Å². The Hall–Kier alpha value is -2.27. The van der Waals surface area contributed by atoms with Gasteiger partial charge in [-0.2, -0.15) is 5.10 Å². The molecule has 2 aromatic carbocycles. The van der Waals surface area contributed by atoms with Crippen LogP contribution < -0.4 is 10.1 Å². The fraction of sp³-hybridized carbons (Fsp3) is 0.286. The average Bonchev–Trinajstić information content (AvgIpc) is 2.84. The Kier molecular flexibility index (Phi) is 4.98. The van der Waals surface area contributed by atoms with E-state index in [1.807, 2.05) is 12.1 Å². The van der Waals surface area contributed by atoms with E-state index >= 15 is 0 Å². The predicted octanol–water partition coefficient (Wildman–Crippen LogP) is 4.98. The molecule has 2 heterocycles. The minimum Gasteiger partial charge on any atom is -0.497 e. The van der Waals surface area contributed by atoms with Crippen LogP contribution in [0.1, 0.15) is 29.7 Å². The van der Waals surface area contributed by atoms with Gasteiger partial charge in [-0.15, -0.1) is 0 Å². The highest BCUT2D eigenvalue weighted by Gasteiger charge is 2.20. The van der Waals surface area contributed by atoms with Gasteiger partial charge in [-0.25, -0.2) is 4.68 Å². The van der Waals surface area contributed by atoms with Crippen molar-refractivity contribution < 1.29 is 4.74 Å². The van der Waals surface area contributed by atoms with Crippen LogP contribution in [0.3, 0.4) is 0 Å². The Morgan fingerprint density at radius 1 is 1.15 bits per heavy atom. The van der Waals surface area contributed by atoms with E-state index in [1.165, 1.54) is 24.0 Å². The lowest BCUT2D eigenvalue weighted by atomic mass is 10.0. The Labute approximate surface area is 162 Å². The van der Waals surface area contributed by atoms with Crippen LogP contribution in [-0.4, -0.2) is 23.4 Å². The number of halogens is 1. The fourth-order valence-corrected chi connectivity index (χ4v) is 3.72. The summed E-state index contributed by atoms with van der Waals surface area (Å²) in [6.45, 7) is 0.994. The molecule has 0 radical (unpaired) electrons. The van der Waals surface area contributed by atoms with Crippen LogP contribution in [0.5, 0.6) is 5.75 Å². The summed E-state index contributed by atoms with van der Waals surface area (Å²) < 4.78 is 8.50. The standard InChI is InChI=1S/C21H22BrN3O/c1-26-18-6-4-5-15(13-18)14-20-19-7-2-3-12-23-21(19)25(24-20)17-10-8-16(22)9-11-17/h4-6,8-11,13,23H,2-3,7,12,14H2,1H3. The van der Waals surface area contributed by atoms with Gasteiger partial charge in [-0.3, -0.25) is 0 Å². The molecule has 0 unspecified atom stereocenters. The van der Waals surface area contributed by atoms with E-state index in [1.54, 1.807) is 7.11 Å². The van der Waals surface area contributed by atoms with Crippen LogP contribution in [0.15, 0.2) is 53.0 Å². The van der Waals surface area contributed by atoms with Gasteiger partial charge in [-0.05, 0) is 61.2 Å². The molecule has 1 aliphatic rings. The van der Waals surface area contributed by atoms with Crippen LogP contribution in [0.25, 0.3) is 5.69 Å². The van der Waals surface area contributed by atoms with E-state index in [0.717, 1.165) is 46.8 Å². The monoisotopic (exact) mass is 411 g/mol. The molecule has 134 valence electrons. The molecule has 1 aromatic heterocycles. The van der Waals surface area contributed by atoms with Gasteiger partial charge in [0.2, 0.25) is 0 Å². The largest absolute Gasteiger partial charge is 0.497 e. The van der Waals surface area contributed by atoms with Gasteiger partial charge in [0.05, 0.1) is 18.5 Å². The number of anilines is 1. The van der Waals surface area contributed by atoms with E-state index < -0.39 is 0 Å². The van der Waals surface area contributed by atoms with Crippen molar-refractivity contribution in [3.05, 3.63) is 69.8 Å². The highest BCUT2D eigenvalue weighted by molar-refractivity contribution is 9.10. The zero-order chi connectivity index (χ0) is 17.9. The molecule has 0 saturated carbocycles. The Morgan fingerprint density at radius 3 is 2.81 bits per heavy atom. The van der Waals surface area contributed by atoms with E-state index in [2.05, 4.69) is 62.3 Å². The molecule has 26 heavy (non-hydrogen) atoms. The van der Waals surface area contributed by atoms with Crippen LogP contribution in [-0.2, 0) is 12.8 Å². The Balaban J connectivity index is 1.75. The number of hydrogen-bond donors (Lipinski definition) is 1. The average molecular weight is 412 g/mol. The van der Waals surface area contributed by atoms with Gasteiger partial charge in [0.15, 0.2) is 0 Å². The fourth-order valence-electron chi connectivity index (χ4n) is 3.46. The number of hydrogen-bond acceptors (Lipinski definition) is 3. The van der Waals surface area contributed by atoms with Crippen LogP contribution >= 0.6 is 15.9 Å². The second-order valence-corrected chi connectivity index (χ2v) is 7.49. The molecule has 1 aliphatic heterocycles. The van der Waals surface area contributed by atoms with Crippen molar-refractivity contribution in [3.8, 4) is 11.4 Å². The highest BCUT2D eigenvalue weighted by atomic mass is 79.9. The lowest BCUT2D eigenvalue weighted by Gasteiger charge is -2.09. The smallest absolute Gasteiger partial charge is 0.133 e. The van der Waals surface area contributed by atoms with Crippen molar-refractivity contribution in [1.82, 2.24) is 9.78 Å². The van der Waals surface area contributed by atoms with Gasteiger partial charge in [-0.1, -0.05) is 28.1 Å². The zero-order valence-electron chi connectivity index (χ0n) is 14.8. The molecule has 0 amide bonds. The molecule has 0 saturated heterocycles. The number of methoxy groups -OCH3 is 1. The number of fused-ring (bicyclic) bond motifs is 1. The van der Waals surface area contributed by atoms with E-state index in [0.29, 0.717) is 0 Å². The molecule has 0 spiro atoms. The lowest BCUT2D eigenvalue weighted by molar-refractivity contribution is 0.414. The van der Waals surface area contributed by atoms with Crippen molar-refractivity contribution >= 4 is 21.7 Å².